The van der Waals surface area contributed by atoms with Gasteiger partial charge in [0.05, 0.1) is 18.2 Å². The number of aromatic nitrogens is 1. The van der Waals surface area contributed by atoms with Crippen molar-refractivity contribution < 1.29 is 17.9 Å². The molecule has 0 aliphatic carbocycles. The first kappa shape index (κ1) is 25.0. The Morgan fingerprint density at radius 2 is 1.83 bits per heavy atom. The van der Waals surface area contributed by atoms with E-state index in [1.807, 2.05) is 44.2 Å². The largest absolute Gasteiger partial charge is 0.497 e. The SMILES string of the molecule is COc1ccc(-n2c(C)cc(/C=N\NC(=O)[C@H]3CCCN3S(=O)(=O)c3ccc(Cl)cc3)c2C)cc1. The molecular weight excluding hydrogens is 488 g/mol. The van der Waals surface area contributed by atoms with Gasteiger partial charge in [-0.3, -0.25) is 4.79 Å². The lowest BCUT2D eigenvalue weighted by atomic mass is 10.2. The Bertz CT molecular complexity index is 1350. The minimum absolute atomic E-state index is 0.107. The molecule has 2 heterocycles. The van der Waals surface area contributed by atoms with Crippen molar-refractivity contribution in [3.63, 3.8) is 0 Å². The van der Waals surface area contributed by atoms with E-state index in [-0.39, 0.29) is 11.4 Å². The van der Waals surface area contributed by atoms with E-state index in [1.165, 1.54) is 28.6 Å². The molecule has 1 fully saturated rings. The smallest absolute Gasteiger partial charge is 0.258 e. The van der Waals surface area contributed by atoms with Crippen molar-refractivity contribution in [1.29, 1.82) is 0 Å². The highest BCUT2D eigenvalue weighted by Crippen LogP contribution is 2.27. The van der Waals surface area contributed by atoms with Crippen molar-refractivity contribution in [3.05, 3.63) is 76.6 Å². The molecule has 2 aromatic carbocycles. The maximum Gasteiger partial charge on any atom is 0.258 e. The Morgan fingerprint density at radius 3 is 2.49 bits per heavy atom. The number of carbonyl (C=O) groups is 1. The zero-order chi connectivity index (χ0) is 25.2. The minimum atomic E-state index is -3.82. The molecule has 8 nitrogen and oxygen atoms in total. The number of ether oxygens (including phenoxy) is 1. The number of rotatable bonds is 7. The van der Waals surface area contributed by atoms with E-state index >= 15 is 0 Å². The van der Waals surface area contributed by atoms with Gasteiger partial charge in [0.1, 0.15) is 11.8 Å². The Morgan fingerprint density at radius 1 is 1.14 bits per heavy atom. The predicted molar refractivity (Wildman–Crippen MR) is 136 cm³/mol. The van der Waals surface area contributed by atoms with Gasteiger partial charge in [-0.05, 0) is 81.3 Å². The molecule has 4 rings (SSSR count). The van der Waals surface area contributed by atoms with Crippen molar-refractivity contribution in [3.8, 4) is 11.4 Å². The number of aryl methyl sites for hydroxylation is 1. The monoisotopic (exact) mass is 514 g/mol. The summed E-state index contributed by atoms with van der Waals surface area (Å²) in [5, 5.41) is 4.57. The fourth-order valence-corrected chi connectivity index (χ4v) is 6.10. The average Bonchev–Trinajstić information content (AvgIpc) is 3.45. The number of hydrogen-bond donors (Lipinski definition) is 1. The Labute approximate surface area is 210 Å². The van der Waals surface area contributed by atoms with Crippen molar-refractivity contribution in [2.24, 2.45) is 5.10 Å². The molecule has 0 saturated carbocycles. The van der Waals surface area contributed by atoms with E-state index in [4.69, 9.17) is 16.3 Å². The minimum Gasteiger partial charge on any atom is -0.497 e. The second-order valence-corrected chi connectivity index (χ2v) is 10.6. The van der Waals surface area contributed by atoms with Crippen LogP contribution in [0.4, 0.5) is 0 Å². The lowest BCUT2D eigenvalue weighted by Crippen LogP contribution is -2.44. The van der Waals surface area contributed by atoms with Crippen molar-refractivity contribution in [2.45, 2.75) is 37.6 Å². The molecule has 10 heteroatoms. The summed E-state index contributed by atoms with van der Waals surface area (Å²) in [6, 6.07) is 14.8. The van der Waals surface area contributed by atoms with Gasteiger partial charge in [0.2, 0.25) is 10.0 Å². The maximum atomic E-state index is 13.1. The van der Waals surface area contributed by atoms with Gasteiger partial charge in [0.25, 0.3) is 5.91 Å². The first-order valence-electron chi connectivity index (χ1n) is 11.2. The highest BCUT2D eigenvalue weighted by Gasteiger charge is 2.39. The van der Waals surface area contributed by atoms with Crippen molar-refractivity contribution in [2.75, 3.05) is 13.7 Å². The quantitative estimate of drug-likeness (QED) is 0.380. The molecule has 1 amide bonds. The van der Waals surface area contributed by atoms with Crippen LogP contribution in [0.15, 0.2) is 64.6 Å². The van der Waals surface area contributed by atoms with Crippen LogP contribution in [0.2, 0.25) is 5.02 Å². The Balaban J connectivity index is 1.47. The van der Waals surface area contributed by atoms with Crippen LogP contribution in [0.1, 0.15) is 29.8 Å². The van der Waals surface area contributed by atoms with Crippen LogP contribution >= 0.6 is 11.6 Å². The number of amides is 1. The van der Waals surface area contributed by atoms with Crippen LogP contribution in [-0.2, 0) is 14.8 Å². The zero-order valence-electron chi connectivity index (χ0n) is 19.7. The third-order valence-electron chi connectivity index (χ3n) is 6.11. The summed E-state index contributed by atoms with van der Waals surface area (Å²) in [4.78, 5) is 13.0. The maximum absolute atomic E-state index is 13.1. The standard InChI is InChI=1S/C25H27ClN4O4S/c1-17-15-19(18(2)30(17)21-8-10-22(34-3)11-9-21)16-27-28-25(31)24-5-4-14-29(24)35(32,33)23-12-6-20(26)7-13-23/h6-13,15-16,24H,4-5,14H2,1-3H3,(H,28,31)/b27-16-/t24-/m1/s1. The van der Waals surface area contributed by atoms with Crippen molar-refractivity contribution >= 4 is 33.7 Å². The molecule has 1 N–H and O–H groups in total. The fraction of sp³-hybridized carbons (Fsp3) is 0.280. The molecule has 1 aliphatic rings. The first-order chi connectivity index (χ1) is 16.7. The first-order valence-corrected chi connectivity index (χ1v) is 13.0. The molecule has 0 bridgehead atoms. The molecule has 0 unspecified atom stereocenters. The molecule has 1 aliphatic heterocycles. The van der Waals surface area contributed by atoms with Crippen LogP contribution < -0.4 is 10.2 Å². The summed E-state index contributed by atoms with van der Waals surface area (Å²) in [5.74, 6) is 0.319. The van der Waals surface area contributed by atoms with E-state index < -0.39 is 22.0 Å². The summed E-state index contributed by atoms with van der Waals surface area (Å²) >= 11 is 5.88. The summed E-state index contributed by atoms with van der Waals surface area (Å²) in [6.45, 7) is 4.23. The predicted octanol–water partition coefficient (Wildman–Crippen LogP) is 4.06. The molecule has 0 spiro atoms. The third kappa shape index (κ3) is 5.12. The molecule has 35 heavy (non-hydrogen) atoms. The molecule has 1 atom stereocenters. The van der Waals surface area contributed by atoms with Gasteiger partial charge in [0.15, 0.2) is 0 Å². The topological polar surface area (TPSA) is 93.0 Å². The average molecular weight is 515 g/mol. The second-order valence-electron chi connectivity index (χ2n) is 8.32. The van der Waals surface area contributed by atoms with Crippen molar-refractivity contribution in [1.82, 2.24) is 14.3 Å². The van der Waals surface area contributed by atoms with E-state index in [1.54, 1.807) is 13.3 Å². The molecule has 3 aromatic rings. The van der Waals surface area contributed by atoms with E-state index in [0.29, 0.717) is 17.9 Å². The number of halogens is 1. The Kier molecular flexibility index (Phi) is 7.30. The van der Waals surface area contributed by atoms with Gasteiger partial charge < -0.3 is 9.30 Å². The van der Waals surface area contributed by atoms with Gasteiger partial charge in [-0.15, -0.1) is 0 Å². The van der Waals surface area contributed by atoms with Gasteiger partial charge >= 0.3 is 0 Å². The number of methoxy groups -OCH3 is 1. The molecule has 1 saturated heterocycles. The number of hydrazone groups is 1. The van der Waals surface area contributed by atoms with E-state index in [2.05, 4.69) is 15.1 Å². The van der Waals surface area contributed by atoms with Crippen LogP contribution in [0.3, 0.4) is 0 Å². The number of hydrogen-bond acceptors (Lipinski definition) is 5. The molecule has 0 radical (unpaired) electrons. The van der Waals surface area contributed by atoms with Crippen LogP contribution in [0, 0.1) is 13.8 Å². The van der Waals surface area contributed by atoms with Crippen LogP contribution in [0.25, 0.3) is 5.69 Å². The van der Waals surface area contributed by atoms with Gasteiger partial charge in [0, 0.05) is 34.2 Å². The van der Waals surface area contributed by atoms with Crippen LogP contribution in [-0.4, -0.2) is 49.1 Å². The molecule has 184 valence electrons. The summed E-state index contributed by atoms with van der Waals surface area (Å²) < 4.78 is 34.7. The fourth-order valence-electron chi connectivity index (χ4n) is 4.32. The highest BCUT2D eigenvalue weighted by atomic mass is 35.5. The zero-order valence-corrected chi connectivity index (χ0v) is 21.3. The van der Waals surface area contributed by atoms with Gasteiger partial charge in [-0.25, -0.2) is 13.8 Å². The third-order valence-corrected chi connectivity index (χ3v) is 8.28. The van der Waals surface area contributed by atoms with E-state index in [9.17, 15) is 13.2 Å². The van der Waals surface area contributed by atoms with Gasteiger partial charge in [-0.2, -0.15) is 9.41 Å². The lowest BCUT2D eigenvalue weighted by Gasteiger charge is -2.22. The van der Waals surface area contributed by atoms with Gasteiger partial charge in [-0.1, -0.05) is 11.6 Å². The number of benzene rings is 2. The Hall–Kier alpha value is -3.14. The summed E-state index contributed by atoms with van der Waals surface area (Å²) in [7, 11) is -2.19. The normalized spacial score (nSPS) is 16.6. The number of carbonyl (C=O) groups excluding carboxylic acids is 1. The number of nitrogens with zero attached hydrogens (tertiary/aromatic N) is 3. The second kappa shape index (κ2) is 10.2. The highest BCUT2D eigenvalue weighted by molar-refractivity contribution is 7.89. The molecular formula is C25H27ClN4O4S. The number of nitrogens with one attached hydrogen (secondary N) is 1. The summed E-state index contributed by atoms with van der Waals surface area (Å²) in [5.41, 5.74) is 6.32. The van der Waals surface area contributed by atoms with E-state index in [0.717, 1.165) is 28.4 Å². The summed E-state index contributed by atoms with van der Waals surface area (Å²) in [6.07, 6.45) is 2.60. The molecule has 1 aromatic heterocycles. The van der Waals surface area contributed by atoms with Crippen LogP contribution in [0.5, 0.6) is 5.75 Å². The number of sulfonamides is 1. The lowest BCUT2D eigenvalue weighted by molar-refractivity contribution is -0.124.